The first-order valence-corrected chi connectivity index (χ1v) is 4.06. The fourth-order valence-corrected chi connectivity index (χ4v) is 0.385. The van der Waals surface area contributed by atoms with Crippen molar-refractivity contribution in [3.63, 3.8) is 0 Å². The minimum absolute atomic E-state index is 0.190. The van der Waals surface area contributed by atoms with Crippen molar-refractivity contribution < 1.29 is 9.53 Å². The lowest BCUT2D eigenvalue weighted by Crippen LogP contribution is -2.32. The Morgan fingerprint density at radius 2 is 2.00 bits per heavy atom. The van der Waals surface area contributed by atoms with Gasteiger partial charge in [0, 0.05) is 0 Å². The Hall–Kier alpha value is -0.570. The average Bonchev–Trinajstić information content (AvgIpc) is 2.07. The summed E-state index contributed by atoms with van der Waals surface area (Å²) in [4.78, 5) is 10.7. The van der Waals surface area contributed by atoms with Crippen molar-refractivity contribution in [3.8, 4) is 0 Å². The van der Waals surface area contributed by atoms with E-state index in [2.05, 4.69) is 5.32 Å². The number of carbonyl (C=O) groups is 1. The maximum atomic E-state index is 10.7. The van der Waals surface area contributed by atoms with Crippen LogP contribution in [0.4, 0.5) is 0 Å². The second-order valence-corrected chi connectivity index (χ2v) is 1.76. The molecule has 0 spiro atoms. The van der Waals surface area contributed by atoms with E-state index in [0.29, 0.717) is 6.61 Å². The van der Waals surface area contributed by atoms with Gasteiger partial charge in [-0.25, -0.2) is 0 Å². The zero-order valence-corrected chi connectivity index (χ0v) is 8.10. The first-order chi connectivity index (χ1) is 5.22. The van der Waals surface area contributed by atoms with Gasteiger partial charge in [0.1, 0.15) is 6.04 Å². The third kappa shape index (κ3) is 7.33. The minimum Gasteiger partial charge on any atom is -0.465 e. The highest BCUT2D eigenvalue weighted by Crippen LogP contribution is 1.84. The van der Waals surface area contributed by atoms with E-state index in [4.69, 9.17) is 4.74 Å². The summed E-state index contributed by atoms with van der Waals surface area (Å²) in [5.74, 6) is -0.194. The Bertz CT molecular complexity index is 94.1. The molecule has 1 N–H and O–H groups in total. The Morgan fingerprint density at radius 3 is 2.27 bits per heavy atom. The summed E-state index contributed by atoms with van der Waals surface area (Å²) in [6, 6.07) is -0.190. The van der Waals surface area contributed by atoms with Crippen molar-refractivity contribution in [2.24, 2.45) is 0 Å². The highest BCUT2D eigenvalue weighted by molar-refractivity contribution is 5.75. The van der Waals surface area contributed by atoms with Crippen molar-refractivity contribution in [2.45, 2.75) is 33.7 Å². The highest BCUT2D eigenvalue weighted by atomic mass is 16.5. The molecular formula is C8H19NO2. The molecule has 0 amide bonds. The summed E-state index contributed by atoms with van der Waals surface area (Å²) in [6.45, 7) is 8.00. The van der Waals surface area contributed by atoms with Gasteiger partial charge in [-0.05, 0) is 20.9 Å². The summed E-state index contributed by atoms with van der Waals surface area (Å²) in [7, 11) is 1.72. The number of esters is 1. The molecule has 1 unspecified atom stereocenters. The Kier molecular flexibility index (Phi) is 11.2. The molecule has 0 saturated carbocycles. The average molecular weight is 161 g/mol. The maximum Gasteiger partial charge on any atom is 0.322 e. The number of likely N-dealkylation sites (N-methyl/N-ethyl adjacent to an activating group) is 1. The smallest absolute Gasteiger partial charge is 0.322 e. The van der Waals surface area contributed by atoms with Crippen LogP contribution >= 0.6 is 0 Å². The Morgan fingerprint density at radius 1 is 1.55 bits per heavy atom. The lowest BCUT2D eigenvalue weighted by Gasteiger charge is -2.07. The zero-order chi connectivity index (χ0) is 9.28. The lowest BCUT2D eigenvalue weighted by molar-refractivity contribution is -0.144. The van der Waals surface area contributed by atoms with Crippen LogP contribution in [0.1, 0.15) is 27.7 Å². The molecule has 0 fully saturated rings. The van der Waals surface area contributed by atoms with Gasteiger partial charge >= 0.3 is 5.97 Å². The molecule has 0 aliphatic heterocycles. The van der Waals surface area contributed by atoms with Gasteiger partial charge in [0.2, 0.25) is 0 Å². The predicted molar refractivity (Wildman–Crippen MR) is 46.5 cm³/mol. The number of ether oxygens (including phenoxy) is 1. The van der Waals surface area contributed by atoms with Gasteiger partial charge in [-0.1, -0.05) is 13.8 Å². The van der Waals surface area contributed by atoms with Crippen molar-refractivity contribution in [1.29, 1.82) is 0 Å². The van der Waals surface area contributed by atoms with Crippen LogP contribution < -0.4 is 5.32 Å². The van der Waals surface area contributed by atoms with Gasteiger partial charge in [-0.15, -0.1) is 0 Å². The van der Waals surface area contributed by atoms with E-state index in [-0.39, 0.29) is 12.0 Å². The predicted octanol–water partition coefficient (Wildman–Crippen LogP) is 1.18. The molecule has 0 heterocycles. The first-order valence-electron chi connectivity index (χ1n) is 4.06. The third-order valence-electron chi connectivity index (χ3n) is 1.07. The third-order valence-corrected chi connectivity index (χ3v) is 1.07. The minimum atomic E-state index is -0.194. The summed E-state index contributed by atoms with van der Waals surface area (Å²) in [5, 5.41) is 2.77. The summed E-state index contributed by atoms with van der Waals surface area (Å²) in [6.07, 6.45) is 0. The molecule has 0 bridgehead atoms. The van der Waals surface area contributed by atoms with E-state index >= 15 is 0 Å². The molecule has 3 nitrogen and oxygen atoms in total. The number of hydrogen-bond donors (Lipinski definition) is 1. The second-order valence-electron chi connectivity index (χ2n) is 1.76. The molecule has 68 valence electrons. The van der Waals surface area contributed by atoms with Gasteiger partial charge in [0.05, 0.1) is 6.61 Å². The van der Waals surface area contributed by atoms with Crippen molar-refractivity contribution in [2.75, 3.05) is 13.7 Å². The van der Waals surface area contributed by atoms with Gasteiger partial charge in [-0.3, -0.25) is 4.79 Å². The number of hydrogen-bond acceptors (Lipinski definition) is 3. The van der Waals surface area contributed by atoms with Crippen LogP contribution in [0.25, 0.3) is 0 Å². The molecule has 0 aliphatic rings. The molecule has 0 aromatic carbocycles. The van der Waals surface area contributed by atoms with Crippen LogP contribution in [-0.2, 0) is 9.53 Å². The van der Waals surface area contributed by atoms with Crippen molar-refractivity contribution >= 4 is 5.97 Å². The molecule has 0 saturated heterocycles. The normalized spacial score (nSPS) is 11.0. The molecule has 0 rings (SSSR count). The molecule has 11 heavy (non-hydrogen) atoms. The molecule has 1 atom stereocenters. The van der Waals surface area contributed by atoms with E-state index < -0.39 is 0 Å². The van der Waals surface area contributed by atoms with Crippen LogP contribution in [0, 0.1) is 0 Å². The second kappa shape index (κ2) is 9.43. The van der Waals surface area contributed by atoms with E-state index in [1.807, 2.05) is 13.8 Å². The van der Waals surface area contributed by atoms with Crippen LogP contribution in [0.3, 0.4) is 0 Å². The van der Waals surface area contributed by atoms with Crippen LogP contribution in [0.5, 0.6) is 0 Å². The maximum absolute atomic E-state index is 10.7. The quantitative estimate of drug-likeness (QED) is 0.632. The standard InChI is InChI=1S/C6H13NO2.C2H6/c1-4-9-6(8)5(2)7-3;1-2/h5,7H,4H2,1-3H3;1-2H3. The SMILES string of the molecule is CC.CCOC(=O)C(C)NC. The van der Waals surface area contributed by atoms with E-state index in [1.165, 1.54) is 0 Å². The molecule has 0 aliphatic carbocycles. The van der Waals surface area contributed by atoms with Crippen molar-refractivity contribution in [3.05, 3.63) is 0 Å². The Balaban J connectivity index is 0. The monoisotopic (exact) mass is 161 g/mol. The van der Waals surface area contributed by atoms with Gasteiger partial charge in [0.25, 0.3) is 0 Å². The topological polar surface area (TPSA) is 38.3 Å². The highest BCUT2D eigenvalue weighted by Gasteiger charge is 2.09. The molecular weight excluding hydrogens is 142 g/mol. The van der Waals surface area contributed by atoms with Crippen LogP contribution in [0.2, 0.25) is 0 Å². The summed E-state index contributed by atoms with van der Waals surface area (Å²) in [5.41, 5.74) is 0. The first kappa shape index (κ1) is 13.1. The molecule has 0 radical (unpaired) electrons. The fraction of sp³-hybridized carbons (Fsp3) is 0.875. The van der Waals surface area contributed by atoms with E-state index in [9.17, 15) is 4.79 Å². The van der Waals surface area contributed by atoms with Crippen LogP contribution in [-0.4, -0.2) is 25.7 Å². The van der Waals surface area contributed by atoms with Crippen LogP contribution in [0.15, 0.2) is 0 Å². The Labute approximate surface area is 69.1 Å². The van der Waals surface area contributed by atoms with Gasteiger partial charge < -0.3 is 10.1 Å². The largest absolute Gasteiger partial charge is 0.465 e. The molecule has 0 aromatic heterocycles. The fourth-order valence-electron chi connectivity index (χ4n) is 0.385. The van der Waals surface area contributed by atoms with Gasteiger partial charge in [-0.2, -0.15) is 0 Å². The lowest BCUT2D eigenvalue weighted by atomic mass is 10.3. The number of rotatable bonds is 3. The van der Waals surface area contributed by atoms with E-state index in [1.54, 1.807) is 20.9 Å². The number of nitrogens with one attached hydrogen (secondary N) is 1. The zero-order valence-electron chi connectivity index (χ0n) is 8.10. The molecule has 3 heteroatoms. The summed E-state index contributed by atoms with van der Waals surface area (Å²) >= 11 is 0. The summed E-state index contributed by atoms with van der Waals surface area (Å²) < 4.78 is 4.69. The molecule has 0 aromatic rings. The van der Waals surface area contributed by atoms with E-state index in [0.717, 1.165) is 0 Å². The number of carbonyl (C=O) groups excluding carboxylic acids is 1. The van der Waals surface area contributed by atoms with Gasteiger partial charge in [0.15, 0.2) is 0 Å². The van der Waals surface area contributed by atoms with Crippen molar-refractivity contribution in [1.82, 2.24) is 5.32 Å².